The SMILES string of the molecule is Cn1nc(-c2ccco2)cc1NC(=O)N[C@@H]1CCCN(c2ccccc2)C1. The van der Waals surface area contributed by atoms with Gasteiger partial charge in [-0.15, -0.1) is 0 Å². The number of aromatic nitrogens is 2. The molecular formula is C20H23N5O2. The van der Waals surface area contributed by atoms with Crippen LogP contribution in [-0.4, -0.2) is 34.9 Å². The summed E-state index contributed by atoms with van der Waals surface area (Å²) in [5, 5.41) is 10.3. The van der Waals surface area contributed by atoms with E-state index in [4.69, 9.17) is 4.42 Å². The average Bonchev–Trinajstić information content (AvgIpc) is 3.33. The Balaban J connectivity index is 1.37. The number of nitrogens with one attached hydrogen (secondary N) is 2. The minimum atomic E-state index is -0.219. The van der Waals surface area contributed by atoms with E-state index in [1.165, 1.54) is 5.69 Å². The van der Waals surface area contributed by atoms with Crippen LogP contribution in [0.25, 0.3) is 11.5 Å². The third kappa shape index (κ3) is 3.97. The van der Waals surface area contributed by atoms with E-state index in [1.807, 2.05) is 30.3 Å². The molecule has 3 heterocycles. The molecule has 2 aromatic heterocycles. The molecule has 27 heavy (non-hydrogen) atoms. The Morgan fingerprint density at radius 3 is 2.85 bits per heavy atom. The van der Waals surface area contributed by atoms with Gasteiger partial charge in [-0.25, -0.2) is 4.79 Å². The molecule has 1 aromatic carbocycles. The molecule has 2 N–H and O–H groups in total. The van der Waals surface area contributed by atoms with Crippen molar-refractivity contribution in [1.29, 1.82) is 0 Å². The van der Waals surface area contributed by atoms with Crippen molar-refractivity contribution >= 4 is 17.5 Å². The lowest BCUT2D eigenvalue weighted by Crippen LogP contribution is -2.49. The zero-order valence-corrected chi connectivity index (χ0v) is 15.3. The summed E-state index contributed by atoms with van der Waals surface area (Å²) in [4.78, 5) is 14.8. The number of hydrogen-bond donors (Lipinski definition) is 2. The van der Waals surface area contributed by atoms with Gasteiger partial charge in [-0.3, -0.25) is 10.00 Å². The van der Waals surface area contributed by atoms with E-state index in [2.05, 4.69) is 32.8 Å². The third-order valence-corrected chi connectivity index (χ3v) is 4.77. The van der Waals surface area contributed by atoms with Crippen molar-refractivity contribution in [3.8, 4) is 11.5 Å². The summed E-state index contributed by atoms with van der Waals surface area (Å²) in [5.41, 5.74) is 1.88. The maximum absolute atomic E-state index is 12.5. The quantitative estimate of drug-likeness (QED) is 0.742. The summed E-state index contributed by atoms with van der Waals surface area (Å²) in [5.74, 6) is 1.29. The zero-order chi connectivity index (χ0) is 18.6. The molecule has 3 aromatic rings. The van der Waals surface area contributed by atoms with Crippen LogP contribution in [-0.2, 0) is 7.05 Å². The highest BCUT2D eigenvalue weighted by atomic mass is 16.3. The Morgan fingerprint density at radius 1 is 1.22 bits per heavy atom. The number of urea groups is 1. The molecule has 0 spiro atoms. The number of rotatable bonds is 4. The summed E-state index contributed by atoms with van der Waals surface area (Å²) in [7, 11) is 1.79. The zero-order valence-electron chi connectivity index (χ0n) is 15.3. The highest BCUT2D eigenvalue weighted by molar-refractivity contribution is 5.89. The van der Waals surface area contributed by atoms with E-state index < -0.39 is 0 Å². The predicted octanol–water partition coefficient (Wildman–Crippen LogP) is 3.47. The molecule has 1 saturated heterocycles. The Kier molecular flexibility index (Phi) is 4.82. The molecule has 140 valence electrons. The lowest BCUT2D eigenvalue weighted by Gasteiger charge is -2.34. The smallest absolute Gasteiger partial charge is 0.320 e. The largest absolute Gasteiger partial charge is 0.463 e. The summed E-state index contributed by atoms with van der Waals surface area (Å²) < 4.78 is 6.99. The Labute approximate surface area is 158 Å². The van der Waals surface area contributed by atoms with Gasteiger partial charge in [0.05, 0.1) is 6.26 Å². The number of carbonyl (C=O) groups is 1. The molecule has 0 radical (unpaired) electrons. The van der Waals surface area contributed by atoms with Crippen LogP contribution >= 0.6 is 0 Å². The van der Waals surface area contributed by atoms with Crippen LogP contribution in [0.1, 0.15) is 12.8 Å². The lowest BCUT2D eigenvalue weighted by molar-refractivity contribution is 0.246. The van der Waals surface area contributed by atoms with Gasteiger partial charge in [0.25, 0.3) is 0 Å². The number of benzene rings is 1. The second-order valence-corrected chi connectivity index (χ2v) is 6.73. The van der Waals surface area contributed by atoms with E-state index >= 15 is 0 Å². The van der Waals surface area contributed by atoms with Crippen LogP contribution in [0, 0.1) is 0 Å². The fourth-order valence-corrected chi connectivity index (χ4v) is 3.44. The Hall–Kier alpha value is -3.22. The Bertz CT molecular complexity index is 889. The van der Waals surface area contributed by atoms with Crippen molar-refractivity contribution in [3.63, 3.8) is 0 Å². The van der Waals surface area contributed by atoms with Gasteiger partial charge in [-0.05, 0) is 37.1 Å². The van der Waals surface area contributed by atoms with Crippen LogP contribution in [0.3, 0.4) is 0 Å². The van der Waals surface area contributed by atoms with E-state index in [-0.39, 0.29) is 12.1 Å². The monoisotopic (exact) mass is 365 g/mol. The number of amides is 2. The molecule has 0 bridgehead atoms. The number of furan rings is 1. The number of para-hydroxylation sites is 1. The molecular weight excluding hydrogens is 342 g/mol. The van der Waals surface area contributed by atoms with Crippen molar-refractivity contribution in [2.24, 2.45) is 7.05 Å². The van der Waals surface area contributed by atoms with Crippen molar-refractivity contribution in [3.05, 3.63) is 54.8 Å². The first-order chi connectivity index (χ1) is 13.2. The standard InChI is InChI=1S/C20H23N5O2/c1-24-19(13-17(23-24)18-10-6-12-27-18)22-20(26)21-15-7-5-11-25(14-15)16-8-3-2-4-9-16/h2-4,6,8-10,12-13,15H,5,7,11,14H2,1H3,(H2,21,22,26)/t15-/m1/s1. The van der Waals surface area contributed by atoms with Crippen LogP contribution in [0.5, 0.6) is 0 Å². The first-order valence-corrected chi connectivity index (χ1v) is 9.14. The summed E-state index contributed by atoms with van der Waals surface area (Å²) in [6.45, 7) is 1.82. The number of carbonyl (C=O) groups excluding carboxylic acids is 1. The van der Waals surface area contributed by atoms with Gasteiger partial charge in [0, 0.05) is 37.9 Å². The molecule has 2 amide bonds. The van der Waals surface area contributed by atoms with Crippen molar-refractivity contribution in [1.82, 2.24) is 15.1 Å². The van der Waals surface area contributed by atoms with Crippen molar-refractivity contribution in [2.45, 2.75) is 18.9 Å². The van der Waals surface area contributed by atoms with Gasteiger partial charge in [-0.2, -0.15) is 5.10 Å². The highest BCUT2D eigenvalue weighted by Crippen LogP contribution is 2.22. The van der Waals surface area contributed by atoms with E-state index in [0.29, 0.717) is 17.3 Å². The highest BCUT2D eigenvalue weighted by Gasteiger charge is 2.22. The van der Waals surface area contributed by atoms with Gasteiger partial charge < -0.3 is 14.6 Å². The van der Waals surface area contributed by atoms with Gasteiger partial charge in [-0.1, -0.05) is 18.2 Å². The maximum atomic E-state index is 12.5. The molecule has 1 fully saturated rings. The Morgan fingerprint density at radius 2 is 2.07 bits per heavy atom. The van der Waals surface area contributed by atoms with Crippen LogP contribution in [0.2, 0.25) is 0 Å². The normalized spacial score (nSPS) is 16.9. The van der Waals surface area contributed by atoms with Crippen LogP contribution in [0.4, 0.5) is 16.3 Å². The first kappa shape index (κ1) is 17.2. The minimum Gasteiger partial charge on any atom is -0.463 e. The molecule has 7 heteroatoms. The minimum absolute atomic E-state index is 0.108. The molecule has 0 saturated carbocycles. The predicted molar refractivity (Wildman–Crippen MR) is 105 cm³/mol. The molecule has 1 atom stereocenters. The fraction of sp³-hybridized carbons (Fsp3) is 0.300. The van der Waals surface area contributed by atoms with Crippen molar-refractivity contribution in [2.75, 3.05) is 23.3 Å². The number of anilines is 2. The maximum Gasteiger partial charge on any atom is 0.320 e. The molecule has 1 aliphatic heterocycles. The van der Waals surface area contributed by atoms with Gasteiger partial charge in [0.1, 0.15) is 11.5 Å². The van der Waals surface area contributed by atoms with Gasteiger partial charge in [0.15, 0.2) is 5.76 Å². The summed E-state index contributed by atoms with van der Waals surface area (Å²) >= 11 is 0. The molecule has 7 nitrogen and oxygen atoms in total. The van der Waals surface area contributed by atoms with E-state index in [0.717, 1.165) is 25.9 Å². The lowest BCUT2D eigenvalue weighted by atomic mass is 10.1. The number of piperidine rings is 1. The van der Waals surface area contributed by atoms with E-state index in [1.54, 1.807) is 24.1 Å². The third-order valence-electron chi connectivity index (χ3n) is 4.77. The van der Waals surface area contributed by atoms with Gasteiger partial charge in [0.2, 0.25) is 0 Å². The number of nitrogens with zero attached hydrogens (tertiary/aromatic N) is 3. The summed E-state index contributed by atoms with van der Waals surface area (Å²) in [6, 6.07) is 15.6. The second kappa shape index (κ2) is 7.57. The van der Waals surface area contributed by atoms with E-state index in [9.17, 15) is 4.79 Å². The first-order valence-electron chi connectivity index (χ1n) is 9.14. The molecule has 0 unspecified atom stereocenters. The summed E-state index contributed by atoms with van der Waals surface area (Å²) in [6.07, 6.45) is 3.62. The molecule has 4 rings (SSSR count). The second-order valence-electron chi connectivity index (χ2n) is 6.73. The van der Waals surface area contributed by atoms with Gasteiger partial charge >= 0.3 is 6.03 Å². The number of aryl methyl sites for hydroxylation is 1. The number of hydrogen-bond acceptors (Lipinski definition) is 4. The average molecular weight is 365 g/mol. The molecule has 1 aliphatic rings. The van der Waals surface area contributed by atoms with Crippen molar-refractivity contribution < 1.29 is 9.21 Å². The van der Waals surface area contributed by atoms with Crippen LogP contribution < -0.4 is 15.5 Å². The van der Waals surface area contributed by atoms with Crippen LogP contribution in [0.15, 0.2) is 59.2 Å². The topological polar surface area (TPSA) is 75.3 Å². The molecule has 0 aliphatic carbocycles. The fourth-order valence-electron chi connectivity index (χ4n) is 3.44.